The van der Waals surface area contributed by atoms with Crippen molar-refractivity contribution in [1.29, 1.82) is 5.26 Å². The fourth-order valence-corrected chi connectivity index (χ4v) is 3.51. The highest BCUT2D eigenvalue weighted by Gasteiger charge is 2.24. The van der Waals surface area contributed by atoms with Crippen molar-refractivity contribution in [2.24, 2.45) is 5.92 Å². The van der Waals surface area contributed by atoms with Gasteiger partial charge in [-0.1, -0.05) is 44.2 Å². The molecular weight excluding hydrogens is 310 g/mol. The largest absolute Gasteiger partial charge is 0.396 e. The molecule has 1 fully saturated rings. The molecule has 1 aromatic heterocycles. The number of nitrogen functional groups attached to an aromatic ring is 1. The monoisotopic (exact) mass is 337 g/mol. The molecule has 1 aliphatic rings. The Bertz CT molecular complexity index is 733. The molecule has 25 heavy (non-hydrogen) atoms. The van der Waals surface area contributed by atoms with Crippen molar-refractivity contribution in [3.63, 3.8) is 0 Å². The van der Waals surface area contributed by atoms with Crippen LogP contribution in [0.1, 0.15) is 25.1 Å². The SMILES string of the molecule is CC(C)Cn1c(C#N)cc(N)c1N1CCN(Cc2ccccc2)CC1. The molecule has 5 heteroatoms. The highest BCUT2D eigenvalue weighted by molar-refractivity contribution is 5.68. The molecule has 0 bridgehead atoms. The first-order valence-electron chi connectivity index (χ1n) is 8.99. The first-order valence-corrected chi connectivity index (χ1v) is 8.99. The van der Waals surface area contributed by atoms with Crippen molar-refractivity contribution < 1.29 is 0 Å². The molecule has 0 unspecified atom stereocenters. The summed E-state index contributed by atoms with van der Waals surface area (Å²) in [5.41, 5.74) is 8.98. The zero-order chi connectivity index (χ0) is 17.8. The Morgan fingerprint density at radius 3 is 2.40 bits per heavy atom. The number of hydrogen-bond acceptors (Lipinski definition) is 4. The number of rotatable bonds is 5. The zero-order valence-corrected chi connectivity index (χ0v) is 15.2. The number of nitrogens with zero attached hydrogens (tertiary/aromatic N) is 4. The number of nitrogens with two attached hydrogens (primary N) is 1. The summed E-state index contributed by atoms with van der Waals surface area (Å²) in [7, 11) is 0. The van der Waals surface area contributed by atoms with Crippen LogP contribution < -0.4 is 10.6 Å². The summed E-state index contributed by atoms with van der Waals surface area (Å²) in [6, 6.07) is 14.7. The Kier molecular flexibility index (Phi) is 5.30. The second-order valence-corrected chi connectivity index (χ2v) is 7.17. The van der Waals surface area contributed by atoms with Crippen LogP contribution in [-0.4, -0.2) is 35.6 Å². The third-order valence-corrected chi connectivity index (χ3v) is 4.68. The molecule has 0 amide bonds. The molecule has 0 atom stereocenters. The van der Waals surface area contributed by atoms with E-state index in [1.54, 1.807) is 0 Å². The average Bonchev–Trinajstić information content (AvgIpc) is 2.91. The summed E-state index contributed by atoms with van der Waals surface area (Å²) in [5.74, 6) is 1.49. The van der Waals surface area contributed by atoms with Crippen LogP contribution in [0.3, 0.4) is 0 Å². The number of benzene rings is 1. The molecule has 3 rings (SSSR count). The fraction of sp³-hybridized carbons (Fsp3) is 0.450. The molecule has 0 spiro atoms. The summed E-state index contributed by atoms with van der Waals surface area (Å²) in [4.78, 5) is 4.81. The van der Waals surface area contributed by atoms with E-state index in [1.807, 2.05) is 6.07 Å². The Morgan fingerprint density at radius 2 is 1.80 bits per heavy atom. The summed E-state index contributed by atoms with van der Waals surface area (Å²) >= 11 is 0. The summed E-state index contributed by atoms with van der Waals surface area (Å²) < 4.78 is 2.09. The van der Waals surface area contributed by atoms with Gasteiger partial charge in [0.2, 0.25) is 0 Å². The molecular formula is C20H27N5. The summed E-state index contributed by atoms with van der Waals surface area (Å²) in [5, 5.41) is 9.42. The lowest BCUT2D eigenvalue weighted by atomic mass is 10.2. The molecule has 0 radical (unpaired) electrons. The normalized spacial score (nSPS) is 15.5. The second-order valence-electron chi connectivity index (χ2n) is 7.17. The van der Waals surface area contributed by atoms with Crippen LogP contribution in [0.15, 0.2) is 36.4 Å². The van der Waals surface area contributed by atoms with E-state index < -0.39 is 0 Å². The van der Waals surface area contributed by atoms with Gasteiger partial charge in [0.1, 0.15) is 17.6 Å². The highest BCUT2D eigenvalue weighted by Crippen LogP contribution is 2.30. The van der Waals surface area contributed by atoms with Gasteiger partial charge < -0.3 is 15.2 Å². The van der Waals surface area contributed by atoms with Gasteiger partial charge in [0.05, 0.1) is 5.69 Å². The van der Waals surface area contributed by atoms with Crippen LogP contribution in [0.2, 0.25) is 0 Å². The molecule has 5 nitrogen and oxygen atoms in total. The van der Waals surface area contributed by atoms with Gasteiger partial charge in [-0.25, -0.2) is 0 Å². The number of anilines is 2. The molecule has 1 saturated heterocycles. The lowest BCUT2D eigenvalue weighted by molar-refractivity contribution is 0.248. The Balaban J connectivity index is 1.70. The minimum Gasteiger partial charge on any atom is -0.396 e. The van der Waals surface area contributed by atoms with Gasteiger partial charge >= 0.3 is 0 Å². The van der Waals surface area contributed by atoms with Crippen LogP contribution >= 0.6 is 0 Å². The third kappa shape index (κ3) is 3.97. The predicted octanol–water partition coefficient (Wildman–Crippen LogP) is 2.92. The summed E-state index contributed by atoms with van der Waals surface area (Å²) in [6.07, 6.45) is 0. The van der Waals surface area contributed by atoms with Crippen LogP contribution in [0.5, 0.6) is 0 Å². The maximum absolute atomic E-state index is 9.42. The Hall–Kier alpha value is -2.45. The van der Waals surface area contributed by atoms with E-state index in [-0.39, 0.29) is 0 Å². The molecule has 2 aromatic rings. The Labute approximate surface area is 150 Å². The van der Waals surface area contributed by atoms with Gasteiger partial charge in [-0.3, -0.25) is 4.90 Å². The van der Waals surface area contributed by atoms with Gasteiger partial charge in [0, 0.05) is 39.3 Å². The van der Waals surface area contributed by atoms with E-state index in [4.69, 9.17) is 5.73 Å². The smallest absolute Gasteiger partial charge is 0.133 e. The van der Waals surface area contributed by atoms with E-state index in [9.17, 15) is 5.26 Å². The van der Waals surface area contributed by atoms with Crippen molar-refractivity contribution in [1.82, 2.24) is 9.47 Å². The van der Waals surface area contributed by atoms with Crippen molar-refractivity contribution in [2.45, 2.75) is 26.9 Å². The van der Waals surface area contributed by atoms with Gasteiger partial charge in [0.15, 0.2) is 0 Å². The predicted molar refractivity (Wildman–Crippen MR) is 102 cm³/mol. The van der Waals surface area contributed by atoms with Crippen LogP contribution in [-0.2, 0) is 13.1 Å². The van der Waals surface area contributed by atoms with Crippen LogP contribution in [0, 0.1) is 17.2 Å². The fourth-order valence-electron chi connectivity index (χ4n) is 3.51. The van der Waals surface area contributed by atoms with Crippen molar-refractivity contribution in [3.05, 3.63) is 47.7 Å². The van der Waals surface area contributed by atoms with Crippen LogP contribution in [0.4, 0.5) is 11.5 Å². The van der Waals surface area contributed by atoms with E-state index in [2.05, 4.69) is 64.6 Å². The number of hydrogen-bond donors (Lipinski definition) is 1. The molecule has 0 aliphatic carbocycles. The highest BCUT2D eigenvalue weighted by atomic mass is 15.3. The zero-order valence-electron chi connectivity index (χ0n) is 15.2. The van der Waals surface area contributed by atoms with Gasteiger partial charge in [-0.05, 0) is 17.5 Å². The molecule has 2 heterocycles. The second kappa shape index (κ2) is 7.62. The minimum atomic E-state index is 0.469. The van der Waals surface area contributed by atoms with E-state index in [0.717, 1.165) is 45.1 Å². The van der Waals surface area contributed by atoms with Crippen molar-refractivity contribution >= 4 is 11.5 Å². The van der Waals surface area contributed by atoms with Gasteiger partial charge in [-0.2, -0.15) is 5.26 Å². The topological polar surface area (TPSA) is 61.2 Å². The van der Waals surface area contributed by atoms with Crippen LogP contribution in [0.25, 0.3) is 0 Å². The van der Waals surface area contributed by atoms with Gasteiger partial charge in [-0.15, -0.1) is 0 Å². The maximum atomic E-state index is 9.42. The molecule has 1 aliphatic heterocycles. The first-order chi connectivity index (χ1) is 12.1. The van der Waals surface area contributed by atoms with Crippen molar-refractivity contribution in [3.8, 4) is 6.07 Å². The third-order valence-electron chi connectivity index (χ3n) is 4.68. The van der Waals surface area contributed by atoms with Crippen molar-refractivity contribution in [2.75, 3.05) is 36.8 Å². The molecule has 0 saturated carbocycles. The van der Waals surface area contributed by atoms with E-state index >= 15 is 0 Å². The molecule has 2 N–H and O–H groups in total. The van der Waals surface area contributed by atoms with Gasteiger partial charge in [0.25, 0.3) is 0 Å². The molecule has 1 aromatic carbocycles. The number of aromatic nitrogens is 1. The average molecular weight is 337 g/mol. The Morgan fingerprint density at radius 1 is 1.12 bits per heavy atom. The number of nitriles is 1. The standard InChI is InChI=1S/C20H27N5/c1-16(2)14-25-18(13-21)12-19(22)20(25)24-10-8-23(9-11-24)15-17-6-4-3-5-7-17/h3-7,12,16H,8-11,14-15,22H2,1-2H3. The minimum absolute atomic E-state index is 0.469. The summed E-state index contributed by atoms with van der Waals surface area (Å²) in [6.45, 7) is 10.0. The molecule has 132 valence electrons. The first kappa shape index (κ1) is 17.4. The van der Waals surface area contributed by atoms with E-state index in [1.165, 1.54) is 5.56 Å². The quantitative estimate of drug-likeness (QED) is 0.911. The number of piperazine rings is 1. The lowest BCUT2D eigenvalue weighted by Crippen LogP contribution is -2.46. The lowest BCUT2D eigenvalue weighted by Gasteiger charge is -2.37. The van der Waals surface area contributed by atoms with E-state index in [0.29, 0.717) is 17.3 Å². The maximum Gasteiger partial charge on any atom is 0.133 e.